The van der Waals surface area contributed by atoms with Crippen molar-refractivity contribution in [3.63, 3.8) is 0 Å². The number of nitrogen functional groups attached to an aromatic ring is 2. The summed E-state index contributed by atoms with van der Waals surface area (Å²) in [6, 6.07) is 12.0. The highest BCUT2D eigenvalue weighted by atomic mass is 16.5. The van der Waals surface area contributed by atoms with Crippen LogP contribution in [0.2, 0.25) is 0 Å². The number of anilines is 2. The van der Waals surface area contributed by atoms with E-state index < -0.39 is 0 Å². The van der Waals surface area contributed by atoms with E-state index in [0.717, 1.165) is 35.1 Å². The van der Waals surface area contributed by atoms with Crippen molar-refractivity contribution in [2.45, 2.75) is 44.6 Å². The van der Waals surface area contributed by atoms with E-state index in [4.69, 9.17) is 20.9 Å². The van der Waals surface area contributed by atoms with E-state index in [9.17, 15) is 4.79 Å². The first-order valence-corrected chi connectivity index (χ1v) is 13.2. The average molecular weight is 527 g/mol. The van der Waals surface area contributed by atoms with E-state index in [-0.39, 0.29) is 17.9 Å². The van der Waals surface area contributed by atoms with E-state index in [1.807, 2.05) is 24.3 Å². The summed E-state index contributed by atoms with van der Waals surface area (Å²) in [6.07, 6.45) is 12.9. The summed E-state index contributed by atoms with van der Waals surface area (Å²) >= 11 is 0. The Morgan fingerprint density at radius 2 is 1.90 bits per heavy atom. The number of hydrogen-bond donors (Lipinski definition) is 2. The van der Waals surface area contributed by atoms with Crippen LogP contribution in [0.3, 0.4) is 0 Å². The summed E-state index contributed by atoms with van der Waals surface area (Å²) in [5, 5.41) is 6.27. The van der Waals surface area contributed by atoms with E-state index in [1.165, 1.54) is 19.3 Å². The molecule has 2 aliphatic rings. The summed E-state index contributed by atoms with van der Waals surface area (Å²) in [4.78, 5) is 21.8. The normalized spacial score (nSPS) is 17.3. The lowest BCUT2D eigenvalue weighted by atomic mass is 9.79. The molecule has 1 aromatic heterocycles. The van der Waals surface area contributed by atoms with Crippen molar-refractivity contribution < 1.29 is 14.3 Å². The molecule has 9 heteroatoms. The molecule has 1 unspecified atom stereocenters. The predicted octanol–water partition coefficient (Wildman–Crippen LogP) is 4.76. The number of methoxy groups -OCH3 is 2. The topological polar surface area (TPSA) is 129 Å². The number of amides is 1. The van der Waals surface area contributed by atoms with Crippen LogP contribution in [-0.4, -0.2) is 41.3 Å². The minimum atomic E-state index is -0.182. The maximum atomic E-state index is 13.6. The summed E-state index contributed by atoms with van der Waals surface area (Å²) in [5.74, 6) is 1.71. The smallest absolute Gasteiger partial charge is 0.267 e. The minimum absolute atomic E-state index is 0.0834. The molecule has 1 amide bonds. The van der Waals surface area contributed by atoms with Gasteiger partial charge in [-0.2, -0.15) is 10.1 Å². The Morgan fingerprint density at radius 1 is 1.10 bits per heavy atom. The Morgan fingerprint density at radius 3 is 2.64 bits per heavy atom. The van der Waals surface area contributed by atoms with Crippen LogP contribution in [-0.2, 0) is 11.2 Å². The van der Waals surface area contributed by atoms with Crippen molar-refractivity contribution in [2.24, 2.45) is 11.0 Å². The highest BCUT2D eigenvalue weighted by Gasteiger charge is 2.35. The van der Waals surface area contributed by atoms with Crippen LogP contribution in [0, 0.1) is 5.92 Å². The molecule has 9 nitrogen and oxygen atoms in total. The van der Waals surface area contributed by atoms with Crippen LogP contribution in [0.1, 0.15) is 66.0 Å². The predicted molar refractivity (Wildman–Crippen MR) is 152 cm³/mol. The SMILES string of the molecule is COc1cc(Cc2cnc(N)nc2N)cc(/C=C/C(=O)N2N=Cc3ccccc3C2C2CCCCC2)c1OC. The Bertz CT molecular complexity index is 1410. The lowest BCUT2D eigenvalue weighted by molar-refractivity contribution is -0.130. The van der Waals surface area contributed by atoms with Crippen LogP contribution >= 0.6 is 0 Å². The second-order valence-electron chi connectivity index (χ2n) is 9.97. The zero-order valence-corrected chi connectivity index (χ0v) is 22.3. The molecular weight excluding hydrogens is 492 g/mol. The second kappa shape index (κ2) is 11.6. The molecule has 2 heterocycles. The molecule has 0 bridgehead atoms. The van der Waals surface area contributed by atoms with Gasteiger partial charge in [0, 0.05) is 29.8 Å². The molecule has 202 valence electrons. The molecule has 2 aromatic carbocycles. The number of hydrogen-bond acceptors (Lipinski definition) is 8. The van der Waals surface area contributed by atoms with Gasteiger partial charge in [0.2, 0.25) is 5.95 Å². The second-order valence-corrected chi connectivity index (χ2v) is 9.97. The van der Waals surface area contributed by atoms with Gasteiger partial charge in [-0.1, -0.05) is 43.5 Å². The molecule has 1 aliphatic heterocycles. The number of ether oxygens (including phenoxy) is 2. The number of benzene rings is 2. The lowest BCUT2D eigenvalue weighted by Crippen LogP contribution is -2.37. The quantitative estimate of drug-likeness (QED) is 0.425. The molecule has 0 spiro atoms. The minimum Gasteiger partial charge on any atom is -0.493 e. The third kappa shape index (κ3) is 5.57. The van der Waals surface area contributed by atoms with Gasteiger partial charge in [-0.25, -0.2) is 9.99 Å². The average Bonchev–Trinajstić information content (AvgIpc) is 2.96. The van der Waals surface area contributed by atoms with Gasteiger partial charge in [-0.15, -0.1) is 0 Å². The molecule has 39 heavy (non-hydrogen) atoms. The molecule has 3 aromatic rings. The lowest BCUT2D eigenvalue weighted by Gasteiger charge is -2.38. The summed E-state index contributed by atoms with van der Waals surface area (Å²) < 4.78 is 11.3. The van der Waals surface area contributed by atoms with Gasteiger partial charge in [0.15, 0.2) is 11.5 Å². The number of aromatic nitrogens is 2. The highest BCUT2D eigenvalue weighted by Crippen LogP contribution is 2.41. The summed E-state index contributed by atoms with van der Waals surface area (Å²) in [5.41, 5.74) is 16.3. The number of nitrogens with zero attached hydrogens (tertiary/aromatic N) is 4. The maximum absolute atomic E-state index is 13.6. The molecule has 5 rings (SSSR count). The van der Waals surface area contributed by atoms with Gasteiger partial charge >= 0.3 is 0 Å². The van der Waals surface area contributed by atoms with Crippen molar-refractivity contribution in [2.75, 3.05) is 25.7 Å². The van der Waals surface area contributed by atoms with Crippen LogP contribution in [0.15, 0.2) is 53.8 Å². The van der Waals surface area contributed by atoms with Gasteiger partial charge in [-0.3, -0.25) is 4.79 Å². The Labute approximate surface area is 228 Å². The Kier molecular flexibility index (Phi) is 7.76. The molecule has 0 radical (unpaired) electrons. The van der Waals surface area contributed by atoms with Gasteiger partial charge in [-0.05, 0) is 53.7 Å². The molecule has 1 atom stereocenters. The van der Waals surface area contributed by atoms with E-state index in [0.29, 0.717) is 35.2 Å². The van der Waals surface area contributed by atoms with E-state index in [1.54, 1.807) is 43.8 Å². The standard InChI is InChI=1S/C30H34N6O3/c1-38-25-16-19(15-23-17-33-30(32)35-29(23)31)14-21(28(25)39-2)12-13-26(37)36-27(20-8-4-3-5-9-20)24-11-7-6-10-22(24)18-34-36/h6-7,10-14,16-18,20,27H,3-5,8-9,15H2,1-2H3,(H4,31,32,33,35)/b13-12+. The highest BCUT2D eigenvalue weighted by molar-refractivity contribution is 5.95. The monoisotopic (exact) mass is 526 g/mol. The molecular formula is C30H34N6O3. The van der Waals surface area contributed by atoms with Crippen molar-refractivity contribution in [3.05, 3.63) is 76.5 Å². The van der Waals surface area contributed by atoms with Gasteiger partial charge in [0.05, 0.1) is 26.5 Å². The van der Waals surface area contributed by atoms with Crippen LogP contribution < -0.4 is 20.9 Å². The number of hydrazone groups is 1. The third-order valence-electron chi connectivity index (χ3n) is 7.51. The number of rotatable bonds is 7. The van der Waals surface area contributed by atoms with Gasteiger partial charge in [0.25, 0.3) is 5.91 Å². The van der Waals surface area contributed by atoms with Crippen molar-refractivity contribution in [3.8, 4) is 11.5 Å². The fourth-order valence-corrected chi connectivity index (χ4v) is 5.63. The Hall–Kier alpha value is -4.40. The molecule has 0 saturated heterocycles. The van der Waals surface area contributed by atoms with Crippen LogP contribution in [0.5, 0.6) is 11.5 Å². The fourth-order valence-electron chi connectivity index (χ4n) is 5.63. The van der Waals surface area contributed by atoms with E-state index >= 15 is 0 Å². The van der Waals surface area contributed by atoms with Gasteiger partial charge in [0.1, 0.15) is 5.82 Å². The van der Waals surface area contributed by atoms with Gasteiger partial charge < -0.3 is 20.9 Å². The molecule has 4 N–H and O–H groups in total. The maximum Gasteiger partial charge on any atom is 0.267 e. The number of nitrogens with two attached hydrogens (primary N) is 2. The number of fused-ring (bicyclic) bond motifs is 1. The van der Waals surface area contributed by atoms with Crippen LogP contribution in [0.4, 0.5) is 11.8 Å². The largest absolute Gasteiger partial charge is 0.493 e. The number of carbonyl (C=O) groups is 1. The summed E-state index contributed by atoms with van der Waals surface area (Å²) in [6.45, 7) is 0. The molecule has 1 aliphatic carbocycles. The number of carbonyl (C=O) groups excluding carboxylic acids is 1. The fraction of sp³-hybridized carbons (Fsp3) is 0.333. The summed E-state index contributed by atoms with van der Waals surface area (Å²) in [7, 11) is 3.16. The molecule has 1 saturated carbocycles. The third-order valence-corrected chi connectivity index (χ3v) is 7.51. The van der Waals surface area contributed by atoms with Crippen LogP contribution in [0.25, 0.3) is 6.08 Å². The van der Waals surface area contributed by atoms with Crippen molar-refractivity contribution >= 4 is 30.0 Å². The van der Waals surface area contributed by atoms with Crippen molar-refractivity contribution in [1.29, 1.82) is 0 Å². The first-order chi connectivity index (χ1) is 19.0. The zero-order valence-electron chi connectivity index (χ0n) is 22.3. The first-order valence-electron chi connectivity index (χ1n) is 13.2. The van der Waals surface area contributed by atoms with Crippen molar-refractivity contribution in [1.82, 2.24) is 15.0 Å². The molecule has 1 fully saturated rings. The first kappa shape index (κ1) is 26.2. The zero-order chi connectivity index (χ0) is 27.4. The Balaban J connectivity index is 1.45. The van der Waals surface area contributed by atoms with E-state index in [2.05, 4.69) is 27.2 Å².